The van der Waals surface area contributed by atoms with Crippen molar-refractivity contribution in [2.24, 2.45) is 0 Å². The van der Waals surface area contributed by atoms with Gasteiger partial charge in [-0.3, -0.25) is 4.79 Å². The van der Waals surface area contributed by atoms with Gasteiger partial charge in [-0.15, -0.1) is 0 Å². The quantitative estimate of drug-likeness (QED) is 0.375. The zero-order valence-electron chi connectivity index (χ0n) is 17.7. The van der Waals surface area contributed by atoms with Crippen molar-refractivity contribution >= 4 is 23.6 Å². The molecule has 1 heterocycles. The van der Waals surface area contributed by atoms with E-state index in [2.05, 4.69) is 5.32 Å². The van der Waals surface area contributed by atoms with E-state index in [0.717, 1.165) is 35.7 Å². The molecule has 0 saturated heterocycles. The summed E-state index contributed by atoms with van der Waals surface area (Å²) in [6.07, 6.45) is -3.11. The molecule has 2 rings (SSSR count). The van der Waals surface area contributed by atoms with Gasteiger partial charge in [0.1, 0.15) is 11.6 Å². The molecule has 170 valence electrons. The summed E-state index contributed by atoms with van der Waals surface area (Å²) >= 11 is 0. The van der Waals surface area contributed by atoms with Gasteiger partial charge in [0.2, 0.25) is 0 Å². The van der Waals surface area contributed by atoms with E-state index in [1.54, 1.807) is 13.2 Å². The Bertz CT molecular complexity index is 1050. The van der Waals surface area contributed by atoms with Crippen molar-refractivity contribution in [3.05, 3.63) is 58.4 Å². The second kappa shape index (κ2) is 10.6. The fraction of sp³-hybridized carbons (Fsp3) is 0.318. The molecule has 0 spiro atoms. The van der Waals surface area contributed by atoms with Crippen molar-refractivity contribution in [2.75, 3.05) is 25.6 Å². The summed E-state index contributed by atoms with van der Waals surface area (Å²) in [7, 11) is 1.59. The second-order valence-corrected chi connectivity index (χ2v) is 6.84. The molecule has 0 saturated carbocycles. The van der Waals surface area contributed by atoms with Crippen molar-refractivity contribution in [2.45, 2.75) is 26.6 Å². The third kappa shape index (κ3) is 6.46. The van der Waals surface area contributed by atoms with Crippen LogP contribution in [0.1, 0.15) is 22.5 Å². The molecule has 2 aromatic rings. The maximum absolute atomic E-state index is 12.6. The number of aromatic nitrogens is 1. The highest BCUT2D eigenvalue weighted by Crippen LogP contribution is 2.29. The van der Waals surface area contributed by atoms with Gasteiger partial charge in [0.15, 0.2) is 6.61 Å². The van der Waals surface area contributed by atoms with Crippen LogP contribution in [0.2, 0.25) is 0 Å². The van der Waals surface area contributed by atoms with Gasteiger partial charge in [0.25, 0.3) is 5.91 Å². The lowest BCUT2D eigenvalue weighted by atomic mass is 10.1. The molecule has 0 unspecified atom stereocenters. The molecule has 1 N–H and O–H groups in total. The Balaban J connectivity index is 2.00. The average molecular weight is 449 g/mol. The highest BCUT2D eigenvalue weighted by atomic mass is 19.4. The number of nitrogens with zero attached hydrogens (tertiary/aromatic N) is 2. The highest BCUT2D eigenvalue weighted by molar-refractivity contribution is 6.00. The van der Waals surface area contributed by atoms with E-state index in [-0.39, 0.29) is 11.3 Å². The number of esters is 1. The number of methoxy groups -OCH3 is 1. The molecule has 0 atom stereocenters. The Morgan fingerprint density at radius 3 is 2.44 bits per heavy atom. The van der Waals surface area contributed by atoms with E-state index in [0.29, 0.717) is 18.7 Å². The second-order valence-electron chi connectivity index (χ2n) is 6.84. The van der Waals surface area contributed by atoms with Gasteiger partial charge in [0.05, 0.1) is 12.2 Å². The van der Waals surface area contributed by atoms with Crippen LogP contribution in [0.15, 0.2) is 35.9 Å². The number of halogens is 3. The first-order valence-corrected chi connectivity index (χ1v) is 9.48. The van der Waals surface area contributed by atoms with E-state index in [9.17, 15) is 28.0 Å². The van der Waals surface area contributed by atoms with Gasteiger partial charge in [-0.1, -0.05) is 0 Å². The van der Waals surface area contributed by atoms with Crippen LogP contribution in [0.4, 0.5) is 18.9 Å². The number of benzene rings is 1. The summed E-state index contributed by atoms with van der Waals surface area (Å²) in [6.45, 7) is 4.13. The van der Waals surface area contributed by atoms with Crippen molar-refractivity contribution in [1.29, 1.82) is 5.26 Å². The maximum Gasteiger partial charge on any atom is 0.416 e. The largest absolute Gasteiger partial charge is 0.451 e. The van der Waals surface area contributed by atoms with Gasteiger partial charge in [-0.05, 0) is 55.8 Å². The van der Waals surface area contributed by atoms with Crippen LogP contribution in [-0.4, -0.2) is 36.8 Å². The SMILES string of the molecule is COCCn1c(C)cc(/C=C(\C#N)C(=O)OCC(=O)Nc2ccc(C(F)(F)F)cc2)c1C. The van der Waals surface area contributed by atoms with E-state index in [1.807, 2.05) is 24.5 Å². The van der Waals surface area contributed by atoms with E-state index in [1.165, 1.54) is 6.08 Å². The van der Waals surface area contributed by atoms with Crippen molar-refractivity contribution < 1.29 is 32.2 Å². The molecule has 10 heteroatoms. The van der Waals surface area contributed by atoms with Gasteiger partial charge < -0.3 is 19.4 Å². The Hall–Kier alpha value is -3.58. The molecule has 0 aliphatic rings. The molecule has 0 aliphatic carbocycles. The molecule has 32 heavy (non-hydrogen) atoms. The molecule has 1 aromatic heterocycles. The van der Waals surface area contributed by atoms with E-state index >= 15 is 0 Å². The predicted octanol–water partition coefficient (Wildman–Crippen LogP) is 3.86. The molecule has 0 aliphatic heterocycles. The fourth-order valence-electron chi connectivity index (χ4n) is 2.94. The molecular formula is C22H22F3N3O4. The van der Waals surface area contributed by atoms with Crippen molar-refractivity contribution in [3.63, 3.8) is 0 Å². The first-order chi connectivity index (χ1) is 15.1. The van der Waals surface area contributed by atoms with Gasteiger partial charge >= 0.3 is 12.1 Å². The molecule has 0 radical (unpaired) electrons. The first kappa shape index (κ1) is 24.7. The highest BCUT2D eigenvalue weighted by Gasteiger charge is 2.30. The third-order valence-electron chi connectivity index (χ3n) is 4.60. The fourth-order valence-corrected chi connectivity index (χ4v) is 2.94. The summed E-state index contributed by atoms with van der Waals surface area (Å²) in [5, 5.41) is 11.6. The summed E-state index contributed by atoms with van der Waals surface area (Å²) < 4.78 is 49.7. The lowest BCUT2D eigenvalue weighted by molar-refractivity contribution is -0.142. The minimum absolute atomic E-state index is 0.110. The number of ether oxygens (including phenoxy) is 2. The zero-order valence-corrected chi connectivity index (χ0v) is 17.7. The molecule has 1 amide bonds. The number of nitrogens with one attached hydrogen (secondary N) is 1. The molecular weight excluding hydrogens is 427 g/mol. The number of rotatable bonds is 8. The standard InChI is InChI=1S/C22H22F3N3O4/c1-14-10-16(15(2)28(14)8-9-31-3)11-17(12-26)21(30)32-13-20(29)27-19-6-4-18(5-7-19)22(23,24)25/h4-7,10-11H,8-9,13H2,1-3H3,(H,27,29)/b17-11+. The Morgan fingerprint density at radius 2 is 1.88 bits per heavy atom. The third-order valence-corrected chi connectivity index (χ3v) is 4.60. The van der Waals surface area contributed by atoms with Crippen LogP contribution >= 0.6 is 0 Å². The average Bonchev–Trinajstić information content (AvgIpc) is 3.00. The topological polar surface area (TPSA) is 93.3 Å². The van der Waals surface area contributed by atoms with Crippen molar-refractivity contribution in [1.82, 2.24) is 4.57 Å². The maximum atomic E-state index is 12.6. The monoisotopic (exact) mass is 449 g/mol. The van der Waals surface area contributed by atoms with Gasteiger partial charge in [0, 0.05) is 30.7 Å². The van der Waals surface area contributed by atoms with Crippen LogP contribution in [0.3, 0.4) is 0 Å². The first-order valence-electron chi connectivity index (χ1n) is 9.48. The molecule has 0 fully saturated rings. The number of alkyl halides is 3. The number of nitriles is 1. The van der Waals surface area contributed by atoms with Gasteiger partial charge in [-0.25, -0.2) is 4.79 Å². The zero-order chi connectivity index (χ0) is 23.9. The lowest BCUT2D eigenvalue weighted by Gasteiger charge is -2.09. The minimum atomic E-state index is -4.49. The number of hydrogen-bond donors (Lipinski definition) is 1. The lowest BCUT2D eigenvalue weighted by Crippen LogP contribution is -2.21. The van der Waals surface area contributed by atoms with E-state index in [4.69, 9.17) is 9.47 Å². The Labute approximate surface area is 183 Å². The normalized spacial score (nSPS) is 11.7. The summed E-state index contributed by atoms with van der Waals surface area (Å²) in [6, 6.07) is 7.38. The van der Waals surface area contributed by atoms with Crippen molar-refractivity contribution in [3.8, 4) is 6.07 Å². The number of carbonyl (C=O) groups is 2. The van der Waals surface area contributed by atoms with Crippen LogP contribution in [-0.2, 0) is 31.8 Å². The summed E-state index contributed by atoms with van der Waals surface area (Å²) in [5.41, 5.74) is 1.37. The number of anilines is 1. The predicted molar refractivity (Wildman–Crippen MR) is 110 cm³/mol. The van der Waals surface area contributed by atoms with Crippen LogP contribution in [0.25, 0.3) is 6.08 Å². The number of carbonyl (C=O) groups excluding carboxylic acids is 2. The Kier molecular flexibility index (Phi) is 8.21. The molecule has 0 bridgehead atoms. The molecule has 7 nitrogen and oxygen atoms in total. The summed E-state index contributed by atoms with van der Waals surface area (Å²) in [5.74, 6) is -1.75. The summed E-state index contributed by atoms with van der Waals surface area (Å²) in [4.78, 5) is 24.2. The van der Waals surface area contributed by atoms with Gasteiger partial charge in [-0.2, -0.15) is 18.4 Å². The van der Waals surface area contributed by atoms with Crippen LogP contribution in [0, 0.1) is 25.2 Å². The van der Waals surface area contributed by atoms with E-state index < -0.39 is 30.2 Å². The van der Waals surface area contributed by atoms with Crippen LogP contribution in [0.5, 0.6) is 0 Å². The smallest absolute Gasteiger partial charge is 0.416 e. The molecule has 1 aromatic carbocycles. The number of amides is 1. The minimum Gasteiger partial charge on any atom is -0.451 e. The number of hydrogen-bond acceptors (Lipinski definition) is 5. The number of aryl methyl sites for hydroxylation is 1. The van der Waals surface area contributed by atoms with Crippen LogP contribution < -0.4 is 5.32 Å². The Morgan fingerprint density at radius 1 is 1.22 bits per heavy atom.